The van der Waals surface area contributed by atoms with E-state index in [1.807, 2.05) is 0 Å². The van der Waals surface area contributed by atoms with Crippen LogP contribution in [0.25, 0.3) is 0 Å². The average Bonchev–Trinajstić information content (AvgIpc) is 2.69. The number of ether oxygens (including phenoxy) is 1. The Morgan fingerprint density at radius 2 is 1.67 bits per heavy atom. The molecule has 1 heterocycles. The van der Waals surface area contributed by atoms with Crippen molar-refractivity contribution in [2.45, 2.75) is 12.8 Å². The summed E-state index contributed by atoms with van der Waals surface area (Å²) in [6, 6.07) is 3.84. The van der Waals surface area contributed by atoms with Gasteiger partial charge in [0.05, 0.1) is 0 Å². The molecule has 0 amide bonds. The van der Waals surface area contributed by atoms with E-state index in [0.717, 1.165) is 23.0 Å². The third-order valence-corrected chi connectivity index (χ3v) is 2.25. The fourth-order valence-electron chi connectivity index (χ4n) is 1.05. The van der Waals surface area contributed by atoms with Gasteiger partial charge in [0.25, 0.3) is 0 Å². The van der Waals surface area contributed by atoms with Crippen molar-refractivity contribution >= 4 is 25.4 Å². The molecule has 0 spiro atoms. The molecule has 0 bridgehead atoms. The van der Waals surface area contributed by atoms with E-state index in [0.29, 0.717) is 0 Å². The van der Waals surface area contributed by atoms with E-state index in [1.54, 1.807) is 0 Å². The van der Waals surface area contributed by atoms with Crippen LogP contribution in [-0.2, 0) is 4.74 Å². The zero-order valence-corrected chi connectivity index (χ0v) is 11.3. The van der Waals surface area contributed by atoms with E-state index in [4.69, 9.17) is 4.74 Å². The van der Waals surface area contributed by atoms with Gasteiger partial charge in [-0.1, -0.05) is 0 Å². The first-order valence-corrected chi connectivity index (χ1v) is 5.25. The second kappa shape index (κ2) is 8.44. The predicted octanol–water partition coefficient (Wildman–Crippen LogP) is -1.44. The van der Waals surface area contributed by atoms with Crippen molar-refractivity contribution in [3.05, 3.63) is 29.8 Å². The largest absolute Gasteiger partial charge is 1.00 e. The molecule has 0 atom stereocenters. The summed E-state index contributed by atoms with van der Waals surface area (Å²) in [5.41, 5.74) is 0. The van der Waals surface area contributed by atoms with Crippen molar-refractivity contribution < 1.29 is 30.5 Å². The van der Waals surface area contributed by atoms with Crippen LogP contribution in [0, 0.1) is 11.6 Å². The second-order valence-corrected chi connectivity index (χ2v) is 3.88. The van der Waals surface area contributed by atoms with Crippen LogP contribution in [0.2, 0.25) is 0 Å². The van der Waals surface area contributed by atoms with E-state index >= 15 is 0 Å². The minimum atomic E-state index is -0.787. The van der Waals surface area contributed by atoms with Gasteiger partial charge in [0, 0.05) is 13.2 Å². The van der Waals surface area contributed by atoms with Crippen molar-refractivity contribution in [3.63, 3.8) is 0 Å². The molecule has 1 saturated heterocycles. The first kappa shape index (κ1) is 15.3. The first-order chi connectivity index (χ1) is 6.70. The van der Waals surface area contributed by atoms with Crippen molar-refractivity contribution in [2.24, 2.45) is 0 Å². The van der Waals surface area contributed by atoms with E-state index < -0.39 is 11.6 Å². The van der Waals surface area contributed by atoms with E-state index in [1.165, 1.54) is 46.7 Å². The van der Waals surface area contributed by atoms with Crippen LogP contribution in [0.5, 0.6) is 0 Å². The SMILES string of the molecule is C1CCOC1.Fc1cc[c]([Mg+])cc1F.[Br-]. The topological polar surface area (TPSA) is 9.23 Å². The van der Waals surface area contributed by atoms with E-state index in [2.05, 4.69) is 0 Å². The average molecular weight is 289 g/mol. The van der Waals surface area contributed by atoms with Gasteiger partial charge >= 0.3 is 64.0 Å². The van der Waals surface area contributed by atoms with Crippen LogP contribution in [0.1, 0.15) is 12.8 Å². The van der Waals surface area contributed by atoms with Crippen LogP contribution >= 0.6 is 0 Å². The van der Waals surface area contributed by atoms with Gasteiger partial charge < -0.3 is 21.7 Å². The Morgan fingerprint density at radius 3 is 2.00 bits per heavy atom. The first-order valence-electron chi connectivity index (χ1n) is 4.55. The summed E-state index contributed by atoms with van der Waals surface area (Å²) < 4.78 is 30.0. The molecule has 5 heteroatoms. The third kappa shape index (κ3) is 6.45. The van der Waals surface area contributed by atoms with Gasteiger partial charge in [-0.2, -0.15) is 0 Å². The van der Waals surface area contributed by atoms with Gasteiger partial charge in [-0.3, -0.25) is 0 Å². The van der Waals surface area contributed by atoms with Gasteiger partial charge in [0.1, 0.15) is 0 Å². The van der Waals surface area contributed by atoms with Gasteiger partial charge in [-0.05, 0) is 12.8 Å². The monoisotopic (exact) mass is 288 g/mol. The molecule has 0 aromatic heterocycles. The van der Waals surface area contributed by atoms with E-state index in [9.17, 15) is 8.78 Å². The molecule has 1 aliphatic heterocycles. The minimum Gasteiger partial charge on any atom is -1.00 e. The summed E-state index contributed by atoms with van der Waals surface area (Å²) in [5, 5.41) is 0. The minimum absolute atomic E-state index is 0. The molecule has 1 aromatic rings. The van der Waals surface area contributed by atoms with Crippen molar-refractivity contribution in [3.8, 4) is 0 Å². The summed E-state index contributed by atoms with van der Waals surface area (Å²) in [5.74, 6) is -1.56. The molecule has 1 nitrogen and oxygen atoms in total. The molecule has 1 aromatic carbocycles. The fourth-order valence-corrected chi connectivity index (χ4v) is 1.35. The summed E-state index contributed by atoms with van der Waals surface area (Å²) >= 11 is 1.52. The molecule has 0 unspecified atom stereocenters. The molecule has 1 fully saturated rings. The summed E-state index contributed by atoms with van der Waals surface area (Å²) in [4.78, 5) is 0. The van der Waals surface area contributed by atoms with E-state index in [-0.39, 0.29) is 17.0 Å². The molecular formula is C10H11BrF2MgO. The van der Waals surface area contributed by atoms with Gasteiger partial charge in [-0.15, -0.1) is 0 Å². The third-order valence-electron chi connectivity index (χ3n) is 1.81. The van der Waals surface area contributed by atoms with Crippen LogP contribution in [-0.4, -0.2) is 34.9 Å². The quantitative estimate of drug-likeness (QED) is 0.532. The van der Waals surface area contributed by atoms with Crippen LogP contribution < -0.4 is 20.7 Å². The van der Waals surface area contributed by atoms with Crippen molar-refractivity contribution in [2.75, 3.05) is 13.2 Å². The smallest absolute Gasteiger partial charge is 1.00 e. The van der Waals surface area contributed by atoms with Gasteiger partial charge in [-0.25, -0.2) is 0 Å². The summed E-state index contributed by atoms with van der Waals surface area (Å²) in [6.07, 6.45) is 2.56. The Kier molecular flexibility index (Phi) is 8.60. The molecule has 0 N–H and O–H groups in total. The molecule has 15 heavy (non-hydrogen) atoms. The maximum atomic E-state index is 12.2. The fraction of sp³-hybridized carbons (Fsp3) is 0.400. The standard InChI is InChI=1S/C6H3F2.C4H8O.BrH.Mg/c7-5-3-1-2-4-6(5)8;1-2-4-5-3-1;;/h1,3-4H;1-4H2;1H;/q;;;+1/p-1. The van der Waals surface area contributed by atoms with Crippen LogP contribution in [0.4, 0.5) is 8.78 Å². The predicted molar refractivity (Wildman–Crippen MR) is 51.8 cm³/mol. The van der Waals surface area contributed by atoms with Crippen LogP contribution in [0.15, 0.2) is 18.2 Å². The maximum absolute atomic E-state index is 12.2. The Labute approximate surface area is 111 Å². The molecule has 1 aliphatic rings. The molecule has 0 radical (unpaired) electrons. The number of hydrogen-bond acceptors (Lipinski definition) is 1. The molecular weight excluding hydrogens is 278 g/mol. The van der Waals surface area contributed by atoms with Crippen molar-refractivity contribution in [1.82, 2.24) is 0 Å². The Bertz CT molecular complexity index is 285. The second-order valence-electron chi connectivity index (χ2n) is 3.07. The van der Waals surface area contributed by atoms with Crippen LogP contribution in [0.3, 0.4) is 0 Å². The zero-order chi connectivity index (χ0) is 10.4. The molecule has 0 aliphatic carbocycles. The molecule has 0 saturated carbocycles. The number of rotatable bonds is 0. The maximum Gasteiger partial charge on any atom is -1.00 e. The van der Waals surface area contributed by atoms with Gasteiger partial charge in [0.2, 0.25) is 0 Å². The Hall–Kier alpha value is 0.286. The number of halogens is 3. The normalized spacial score (nSPS) is 13.9. The number of hydrogen-bond donors (Lipinski definition) is 0. The Morgan fingerprint density at radius 1 is 1.07 bits per heavy atom. The van der Waals surface area contributed by atoms with Gasteiger partial charge in [0.15, 0.2) is 0 Å². The number of benzene rings is 1. The molecule has 80 valence electrons. The molecule has 2 rings (SSSR count). The zero-order valence-electron chi connectivity index (χ0n) is 8.31. The van der Waals surface area contributed by atoms with Crippen molar-refractivity contribution in [1.29, 1.82) is 0 Å². The Balaban J connectivity index is 0.000000280. The summed E-state index contributed by atoms with van der Waals surface area (Å²) in [7, 11) is 0. The summed E-state index contributed by atoms with van der Waals surface area (Å²) in [6.45, 7) is 2.00.